The van der Waals surface area contributed by atoms with Gasteiger partial charge in [0.1, 0.15) is 0 Å². The van der Waals surface area contributed by atoms with Gasteiger partial charge in [0.25, 0.3) is 0 Å². The van der Waals surface area contributed by atoms with Crippen molar-refractivity contribution in [2.45, 2.75) is 19.5 Å². The molecule has 0 radical (unpaired) electrons. The number of aliphatic imine (C=N–C) groups is 1. The molecule has 0 bridgehead atoms. The van der Waals surface area contributed by atoms with Gasteiger partial charge in [0, 0.05) is 38.9 Å². The lowest BCUT2D eigenvalue weighted by atomic mass is 9.99. The molecule has 1 N–H and O–H groups in total. The molecule has 0 fully saturated rings. The first-order valence-electron chi connectivity index (χ1n) is 8.86. The van der Waals surface area contributed by atoms with Crippen LogP contribution in [-0.2, 0) is 19.5 Å². The van der Waals surface area contributed by atoms with Gasteiger partial charge in [-0.05, 0) is 41.3 Å². The molecular formula is C20H27IN4O3. The number of fused-ring (bicyclic) bond motifs is 1. The van der Waals surface area contributed by atoms with Crippen molar-refractivity contribution in [3.05, 3.63) is 47.2 Å². The molecule has 1 aliphatic heterocycles. The third-order valence-corrected chi connectivity index (χ3v) is 4.69. The van der Waals surface area contributed by atoms with E-state index in [1.54, 1.807) is 34.6 Å². The fraction of sp³-hybridized carbons (Fsp3) is 0.400. The average Bonchev–Trinajstić information content (AvgIpc) is 2.73. The predicted octanol–water partition coefficient (Wildman–Crippen LogP) is 2.86. The lowest BCUT2D eigenvalue weighted by Crippen LogP contribution is -2.43. The van der Waals surface area contributed by atoms with Crippen LogP contribution in [0.4, 0.5) is 0 Å². The minimum absolute atomic E-state index is 0. The molecular weight excluding hydrogens is 471 g/mol. The summed E-state index contributed by atoms with van der Waals surface area (Å²) in [5, 5.41) is 3.43. The van der Waals surface area contributed by atoms with Crippen LogP contribution in [0.2, 0.25) is 0 Å². The molecule has 8 heteroatoms. The van der Waals surface area contributed by atoms with Gasteiger partial charge in [0.2, 0.25) is 5.88 Å². The number of guanidine groups is 1. The molecule has 0 amide bonds. The van der Waals surface area contributed by atoms with Gasteiger partial charge in [-0.2, -0.15) is 0 Å². The van der Waals surface area contributed by atoms with E-state index in [9.17, 15) is 0 Å². The van der Waals surface area contributed by atoms with Crippen LogP contribution in [0.15, 0.2) is 35.5 Å². The summed E-state index contributed by atoms with van der Waals surface area (Å²) in [5.74, 6) is 3.01. The molecule has 152 valence electrons. The Labute approximate surface area is 183 Å². The fourth-order valence-electron chi connectivity index (χ4n) is 3.25. The highest BCUT2D eigenvalue weighted by Gasteiger charge is 2.21. The van der Waals surface area contributed by atoms with Gasteiger partial charge >= 0.3 is 0 Å². The molecule has 1 aromatic carbocycles. The maximum Gasteiger partial charge on any atom is 0.213 e. The van der Waals surface area contributed by atoms with E-state index in [-0.39, 0.29) is 24.0 Å². The van der Waals surface area contributed by atoms with Gasteiger partial charge in [-0.25, -0.2) is 4.98 Å². The standard InChI is InChI=1S/C20H26N4O3.HI/c1-21-20(23-12-14-5-7-22-19(9-14)27-4)24-8-6-15-10-17(25-2)18(26-3)11-16(15)13-24;/h5,7,9-11H,6,8,12-13H2,1-4H3,(H,21,23);1H. The molecule has 1 aliphatic rings. The van der Waals surface area contributed by atoms with Crippen LogP contribution < -0.4 is 19.5 Å². The van der Waals surface area contributed by atoms with Crippen LogP contribution in [0.1, 0.15) is 16.7 Å². The number of hydrogen-bond donors (Lipinski definition) is 1. The maximum atomic E-state index is 5.44. The van der Waals surface area contributed by atoms with Crippen molar-refractivity contribution in [2.75, 3.05) is 34.9 Å². The fourth-order valence-corrected chi connectivity index (χ4v) is 3.25. The molecule has 7 nitrogen and oxygen atoms in total. The van der Waals surface area contributed by atoms with Crippen molar-refractivity contribution in [2.24, 2.45) is 4.99 Å². The van der Waals surface area contributed by atoms with Crippen LogP contribution in [0, 0.1) is 0 Å². The van der Waals surface area contributed by atoms with Gasteiger partial charge in [-0.3, -0.25) is 4.99 Å². The van der Waals surface area contributed by atoms with Crippen LogP contribution in [-0.4, -0.2) is 50.8 Å². The molecule has 28 heavy (non-hydrogen) atoms. The van der Waals surface area contributed by atoms with Crippen molar-refractivity contribution < 1.29 is 14.2 Å². The third kappa shape index (κ3) is 4.98. The van der Waals surface area contributed by atoms with Crippen molar-refractivity contribution in [3.63, 3.8) is 0 Å². The Morgan fingerprint density at radius 2 is 1.82 bits per heavy atom. The Bertz CT molecular complexity index is 829. The first-order valence-corrected chi connectivity index (χ1v) is 8.86. The Hall–Kier alpha value is -2.23. The first-order chi connectivity index (χ1) is 13.2. The summed E-state index contributed by atoms with van der Waals surface area (Å²) in [7, 11) is 6.75. The number of nitrogens with zero attached hydrogens (tertiary/aromatic N) is 3. The summed E-state index contributed by atoms with van der Waals surface area (Å²) in [6.07, 6.45) is 2.68. The van der Waals surface area contributed by atoms with Crippen LogP contribution >= 0.6 is 24.0 Å². The average molecular weight is 498 g/mol. The van der Waals surface area contributed by atoms with Crippen LogP contribution in [0.25, 0.3) is 0 Å². The summed E-state index contributed by atoms with van der Waals surface area (Å²) in [6, 6.07) is 8.01. The number of methoxy groups -OCH3 is 3. The summed E-state index contributed by atoms with van der Waals surface area (Å²) < 4.78 is 16.0. The second-order valence-corrected chi connectivity index (χ2v) is 6.25. The Morgan fingerprint density at radius 1 is 1.11 bits per heavy atom. The number of pyridine rings is 1. The Kier molecular flexibility index (Phi) is 8.16. The molecule has 0 unspecified atom stereocenters. The van der Waals surface area contributed by atoms with E-state index >= 15 is 0 Å². The molecule has 2 heterocycles. The molecule has 3 rings (SSSR count). The number of nitrogens with one attached hydrogen (secondary N) is 1. The van der Waals surface area contributed by atoms with Gasteiger partial charge < -0.3 is 24.4 Å². The number of benzene rings is 1. The largest absolute Gasteiger partial charge is 0.493 e. The van der Waals surface area contributed by atoms with E-state index in [0.29, 0.717) is 12.4 Å². The van der Waals surface area contributed by atoms with Gasteiger partial charge in [0.15, 0.2) is 17.5 Å². The smallest absolute Gasteiger partial charge is 0.213 e. The monoisotopic (exact) mass is 498 g/mol. The lowest BCUT2D eigenvalue weighted by molar-refractivity contribution is 0.346. The van der Waals surface area contributed by atoms with E-state index in [1.165, 1.54) is 11.1 Å². The Morgan fingerprint density at radius 3 is 2.46 bits per heavy atom. The van der Waals surface area contributed by atoms with E-state index in [0.717, 1.165) is 42.5 Å². The van der Waals surface area contributed by atoms with Gasteiger partial charge in [0.05, 0.1) is 21.3 Å². The molecule has 0 saturated carbocycles. The Balaban J connectivity index is 0.00000280. The zero-order chi connectivity index (χ0) is 19.2. The molecule has 0 spiro atoms. The molecule has 0 saturated heterocycles. The number of halogens is 1. The summed E-state index contributed by atoms with van der Waals surface area (Å²) >= 11 is 0. The van der Waals surface area contributed by atoms with E-state index < -0.39 is 0 Å². The number of aromatic nitrogens is 1. The van der Waals surface area contributed by atoms with E-state index in [2.05, 4.69) is 32.3 Å². The highest BCUT2D eigenvalue weighted by molar-refractivity contribution is 14.0. The topological polar surface area (TPSA) is 68.2 Å². The normalized spacial score (nSPS) is 13.3. The highest BCUT2D eigenvalue weighted by Crippen LogP contribution is 2.33. The van der Waals surface area contributed by atoms with Crippen LogP contribution in [0.5, 0.6) is 17.4 Å². The van der Waals surface area contributed by atoms with E-state index in [4.69, 9.17) is 14.2 Å². The lowest BCUT2D eigenvalue weighted by Gasteiger charge is -2.32. The van der Waals surface area contributed by atoms with Crippen molar-refractivity contribution in [1.29, 1.82) is 0 Å². The zero-order valence-corrected chi connectivity index (χ0v) is 19.0. The van der Waals surface area contributed by atoms with Crippen molar-refractivity contribution in [1.82, 2.24) is 15.2 Å². The van der Waals surface area contributed by atoms with Crippen LogP contribution in [0.3, 0.4) is 0 Å². The molecule has 0 atom stereocenters. The minimum atomic E-state index is 0. The first kappa shape index (κ1) is 22.1. The molecule has 2 aromatic rings. The number of ether oxygens (including phenoxy) is 3. The predicted molar refractivity (Wildman–Crippen MR) is 120 cm³/mol. The summed E-state index contributed by atoms with van der Waals surface area (Å²) in [5.41, 5.74) is 3.61. The highest BCUT2D eigenvalue weighted by atomic mass is 127. The van der Waals surface area contributed by atoms with Crippen molar-refractivity contribution in [3.8, 4) is 17.4 Å². The minimum Gasteiger partial charge on any atom is -0.493 e. The molecule has 1 aromatic heterocycles. The molecule has 0 aliphatic carbocycles. The summed E-state index contributed by atoms with van der Waals surface area (Å²) in [6.45, 7) is 2.32. The second-order valence-electron chi connectivity index (χ2n) is 6.25. The maximum absolute atomic E-state index is 5.44. The SMILES string of the molecule is CN=C(NCc1ccnc(OC)c1)N1CCc2cc(OC)c(OC)cc2C1.I. The van der Waals surface area contributed by atoms with Gasteiger partial charge in [-0.1, -0.05) is 0 Å². The quantitative estimate of drug-likeness (QED) is 0.389. The van der Waals surface area contributed by atoms with E-state index in [1.807, 2.05) is 12.1 Å². The zero-order valence-electron chi connectivity index (χ0n) is 16.7. The number of hydrogen-bond acceptors (Lipinski definition) is 5. The summed E-state index contributed by atoms with van der Waals surface area (Å²) in [4.78, 5) is 10.8. The van der Waals surface area contributed by atoms with Crippen molar-refractivity contribution >= 4 is 29.9 Å². The van der Waals surface area contributed by atoms with Gasteiger partial charge in [-0.15, -0.1) is 24.0 Å². The third-order valence-electron chi connectivity index (χ3n) is 4.69. The number of rotatable bonds is 5. The second kappa shape index (κ2) is 10.4.